The number of hydrogen-bond donors (Lipinski definition) is 3. The molecule has 0 radical (unpaired) electrons. The van der Waals surface area contributed by atoms with Gasteiger partial charge in [0.1, 0.15) is 5.54 Å². The van der Waals surface area contributed by atoms with Crippen molar-refractivity contribution in [3.05, 3.63) is 0 Å². The van der Waals surface area contributed by atoms with E-state index in [0.29, 0.717) is 23.9 Å². The minimum absolute atomic E-state index is 0.200. The summed E-state index contributed by atoms with van der Waals surface area (Å²) in [4.78, 5) is 24.8. The first-order valence-corrected chi connectivity index (χ1v) is 9.64. The lowest BCUT2D eigenvalue weighted by Gasteiger charge is -2.30. The number of nitrogens with zero attached hydrogens (tertiary/aromatic N) is 1. The highest BCUT2D eigenvalue weighted by Gasteiger charge is 2.51. The molecule has 1 atom stereocenters. The van der Waals surface area contributed by atoms with E-state index >= 15 is 0 Å². The quantitative estimate of drug-likeness (QED) is 0.484. The van der Waals surface area contributed by atoms with E-state index in [1.807, 2.05) is 0 Å². The van der Waals surface area contributed by atoms with Crippen molar-refractivity contribution < 1.29 is 9.59 Å². The number of unbranched alkanes of at least 4 members (excludes halogenated alkanes) is 1. The molecule has 1 saturated heterocycles. The minimum Gasteiger partial charge on any atom is -0.361 e. The molecule has 3 N–H and O–H groups in total. The van der Waals surface area contributed by atoms with Crippen molar-refractivity contribution in [2.75, 3.05) is 6.54 Å². The SMILES string of the molecule is CCCC[C@H](CC)CNC(=S)NN1C(=O)NC2(CCCCC2)C1=O. The molecule has 2 aliphatic rings. The van der Waals surface area contributed by atoms with Gasteiger partial charge in [0.25, 0.3) is 5.91 Å². The van der Waals surface area contributed by atoms with Crippen LogP contribution in [0.1, 0.15) is 71.6 Å². The number of hydrogen-bond acceptors (Lipinski definition) is 3. The second-order valence-corrected chi connectivity index (χ2v) is 7.36. The van der Waals surface area contributed by atoms with Crippen LogP contribution >= 0.6 is 12.2 Å². The second kappa shape index (κ2) is 8.65. The highest BCUT2D eigenvalue weighted by molar-refractivity contribution is 7.80. The normalized spacial score (nSPS) is 20.8. The zero-order chi connectivity index (χ0) is 17.6. The van der Waals surface area contributed by atoms with Gasteiger partial charge in [-0.25, -0.2) is 4.79 Å². The third-order valence-electron chi connectivity index (χ3n) is 5.18. The topological polar surface area (TPSA) is 73.5 Å². The molecule has 0 bridgehead atoms. The first kappa shape index (κ1) is 19.0. The van der Waals surface area contributed by atoms with Crippen LogP contribution in [0.3, 0.4) is 0 Å². The fourth-order valence-electron chi connectivity index (χ4n) is 3.54. The van der Waals surface area contributed by atoms with Crippen LogP contribution in [0.15, 0.2) is 0 Å². The molecule has 2 rings (SSSR count). The zero-order valence-electron chi connectivity index (χ0n) is 14.8. The van der Waals surface area contributed by atoms with E-state index in [1.54, 1.807) is 0 Å². The Bertz CT molecular complexity index is 477. The molecule has 1 aliphatic carbocycles. The minimum atomic E-state index is -0.717. The molecule has 3 amide bonds. The average molecular weight is 355 g/mol. The summed E-state index contributed by atoms with van der Waals surface area (Å²) in [5, 5.41) is 7.40. The number of urea groups is 1. The van der Waals surface area contributed by atoms with Crippen LogP contribution < -0.4 is 16.1 Å². The van der Waals surface area contributed by atoms with Crippen molar-refractivity contribution in [2.24, 2.45) is 5.92 Å². The Kier molecular flexibility index (Phi) is 6.83. The summed E-state index contributed by atoms with van der Waals surface area (Å²) in [6.07, 6.45) is 9.12. The molecule has 2 fully saturated rings. The molecule has 6 nitrogen and oxygen atoms in total. The highest BCUT2D eigenvalue weighted by Crippen LogP contribution is 2.32. The van der Waals surface area contributed by atoms with Crippen molar-refractivity contribution in [3.63, 3.8) is 0 Å². The number of hydrazine groups is 1. The largest absolute Gasteiger partial charge is 0.361 e. The monoisotopic (exact) mass is 354 g/mol. The number of nitrogens with one attached hydrogen (secondary N) is 3. The lowest BCUT2D eigenvalue weighted by molar-refractivity contribution is -0.133. The van der Waals surface area contributed by atoms with Crippen molar-refractivity contribution in [3.8, 4) is 0 Å². The standard InChI is InChI=1S/C17H30N4O2S/c1-3-5-9-13(4-2)12-18-15(24)20-21-14(22)17(19-16(21)23)10-7-6-8-11-17/h13H,3-12H2,1-2H3,(H,19,23)(H2,18,20,24)/t13-/m0/s1. The van der Waals surface area contributed by atoms with Crippen LogP contribution in [0.25, 0.3) is 0 Å². The van der Waals surface area contributed by atoms with Crippen LogP contribution in [0, 0.1) is 5.92 Å². The summed E-state index contributed by atoms with van der Waals surface area (Å²) < 4.78 is 0. The summed E-state index contributed by atoms with van der Waals surface area (Å²) in [5.41, 5.74) is 2.06. The number of carbonyl (C=O) groups excluding carboxylic acids is 2. The van der Waals surface area contributed by atoms with E-state index in [1.165, 1.54) is 12.8 Å². The molecule has 0 unspecified atom stereocenters. The number of amides is 3. The van der Waals surface area contributed by atoms with E-state index in [-0.39, 0.29) is 5.91 Å². The van der Waals surface area contributed by atoms with Gasteiger partial charge >= 0.3 is 6.03 Å². The Hall–Kier alpha value is -1.37. The molecule has 0 aromatic carbocycles. The summed E-state index contributed by atoms with van der Waals surface area (Å²) in [6.45, 7) is 5.12. The number of thiocarbonyl (C=S) groups is 1. The molecule has 1 spiro atoms. The molecular weight excluding hydrogens is 324 g/mol. The van der Waals surface area contributed by atoms with Crippen molar-refractivity contribution in [1.29, 1.82) is 0 Å². The van der Waals surface area contributed by atoms with E-state index in [0.717, 1.165) is 43.7 Å². The lowest BCUT2D eigenvalue weighted by Crippen LogP contribution is -2.53. The molecule has 0 aromatic rings. The maximum Gasteiger partial charge on any atom is 0.344 e. The molecule has 1 saturated carbocycles. The molecule has 7 heteroatoms. The Morgan fingerprint density at radius 2 is 2.00 bits per heavy atom. The van der Waals surface area contributed by atoms with Gasteiger partial charge in [-0.05, 0) is 37.4 Å². The van der Waals surface area contributed by atoms with Gasteiger partial charge in [-0.3, -0.25) is 10.2 Å². The molecule has 1 heterocycles. The van der Waals surface area contributed by atoms with E-state index < -0.39 is 11.6 Å². The molecule has 136 valence electrons. The van der Waals surface area contributed by atoms with Gasteiger partial charge in [-0.2, -0.15) is 5.01 Å². The smallest absolute Gasteiger partial charge is 0.344 e. The average Bonchev–Trinajstić information content (AvgIpc) is 2.80. The number of imide groups is 1. The Morgan fingerprint density at radius 3 is 2.62 bits per heavy atom. The first-order valence-electron chi connectivity index (χ1n) is 9.23. The van der Waals surface area contributed by atoms with Crippen molar-refractivity contribution >= 4 is 29.3 Å². The van der Waals surface area contributed by atoms with Crippen LogP contribution in [0.5, 0.6) is 0 Å². The lowest BCUT2D eigenvalue weighted by atomic mass is 9.82. The Labute approximate surface area is 150 Å². The van der Waals surface area contributed by atoms with Gasteiger partial charge in [-0.15, -0.1) is 0 Å². The fraction of sp³-hybridized carbons (Fsp3) is 0.824. The number of rotatable bonds is 7. The Balaban J connectivity index is 1.85. The van der Waals surface area contributed by atoms with Gasteiger partial charge in [0.2, 0.25) is 0 Å². The second-order valence-electron chi connectivity index (χ2n) is 6.95. The van der Waals surface area contributed by atoms with Gasteiger partial charge < -0.3 is 10.6 Å². The third kappa shape index (κ3) is 4.37. The summed E-state index contributed by atoms with van der Waals surface area (Å²) in [7, 11) is 0. The summed E-state index contributed by atoms with van der Waals surface area (Å²) in [5.74, 6) is 0.354. The van der Waals surface area contributed by atoms with E-state index in [9.17, 15) is 9.59 Å². The summed E-state index contributed by atoms with van der Waals surface area (Å²) in [6, 6.07) is -0.399. The zero-order valence-corrected chi connectivity index (χ0v) is 15.6. The predicted molar refractivity (Wildman–Crippen MR) is 98.2 cm³/mol. The van der Waals surface area contributed by atoms with Crippen LogP contribution in [0.4, 0.5) is 4.79 Å². The Morgan fingerprint density at radius 1 is 1.29 bits per heavy atom. The predicted octanol–water partition coefficient (Wildman–Crippen LogP) is 2.84. The maximum absolute atomic E-state index is 12.7. The van der Waals surface area contributed by atoms with Gasteiger partial charge in [0.05, 0.1) is 0 Å². The fourth-order valence-corrected chi connectivity index (χ4v) is 3.71. The molecular formula is C17H30N4O2S. The van der Waals surface area contributed by atoms with E-state index in [2.05, 4.69) is 29.9 Å². The van der Waals surface area contributed by atoms with Crippen molar-refractivity contribution in [2.45, 2.75) is 77.2 Å². The summed E-state index contributed by atoms with van der Waals surface area (Å²) >= 11 is 5.27. The van der Waals surface area contributed by atoms with Crippen molar-refractivity contribution in [1.82, 2.24) is 21.1 Å². The molecule has 0 aromatic heterocycles. The van der Waals surface area contributed by atoms with Gasteiger partial charge in [0.15, 0.2) is 5.11 Å². The van der Waals surface area contributed by atoms with Crippen LogP contribution in [-0.2, 0) is 4.79 Å². The number of carbonyl (C=O) groups is 2. The highest BCUT2D eigenvalue weighted by atomic mass is 32.1. The van der Waals surface area contributed by atoms with Crippen LogP contribution in [0.2, 0.25) is 0 Å². The maximum atomic E-state index is 12.7. The third-order valence-corrected chi connectivity index (χ3v) is 5.41. The molecule has 24 heavy (non-hydrogen) atoms. The van der Waals surface area contributed by atoms with Gasteiger partial charge in [-0.1, -0.05) is 52.4 Å². The van der Waals surface area contributed by atoms with E-state index in [4.69, 9.17) is 12.2 Å². The van der Waals surface area contributed by atoms with Crippen LogP contribution in [-0.4, -0.2) is 34.1 Å². The first-order chi connectivity index (χ1) is 11.5. The van der Waals surface area contributed by atoms with Gasteiger partial charge in [0, 0.05) is 6.54 Å². The molecule has 1 aliphatic heterocycles.